The first-order valence-electron chi connectivity index (χ1n) is 5.90. The van der Waals surface area contributed by atoms with E-state index in [1.54, 1.807) is 7.11 Å². The first-order chi connectivity index (χ1) is 7.87. The van der Waals surface area contributed by atoms with E-state index in [4.69, 9.17) is 4.74 Å². The summed E-state index contributed by atoms with van der Waals surface area (Å²) >= 11 is 0. The van der Waals surface area contributed by atoms with Crippen LogP contribution in [0.25, 0.3) is 0 Å². The maximum absolute atomic E-state index is 11.7. The van der Waals surface area contributed by atoms with E-state index in [1.165, 1.54) is 11.9 Å². The molecule has 1 saturated heterocycles. The Hall–Kier alpha value is -0.940. The van der Waals surface area contributed by atoms with Crippen LogP contribution in [-0.2, 0) is 14.3 Å². The van der Waals surface area contributed by atoms with Crippen LogP contribution in [0.2, 0.25) is 0 Å². The molecule has 1 unspecified atom stereocenters. The topological polar surface area (TPSA) is 58.6 Å². The Morgan fingerprint density at radius 1 is 1.47 bits per heavy atom. The Balaban J connectivity index is 2.41. The molecule has 0 radical (unpaired) electrons. The molecular weight excluding hydrogens is 220 g/mol. The van der Waals surface area contributed by atoms with Crippen LogP contribution in [0, 0.1) is 5.41 Å². The van der Waals surface area contributed by atoms with Gasteiger partial charge >= 0.3 is 0 Å². The van der Waals surface area contributed by atoms with Gasteiger partial charge < -0.3 is 10.1 Å². The summed E-state index contributed by atoms with van der Waals surface area (Å²) in [6, 6.07) is -0.352. The maximum Gasteiger partial charge on any atom is 0.246 e. The molecule has 1 N–H and O–H groups in total. The molecule has 2 amide bonds. The quantitative estimate of drug-likeness (QED) is 0.685. The van der Waals surface area contributed by atoms with Crippen molar-refractivity contribution in [1.29, 1.82) is 0 Å². The van der Waals surface area contributed by atoms with Crippen LogP contribution in [0.3, 0.4) is 0 Å². The van der Waals surface area contributed by atoms with Crippen molar-refractivity contribution in [2.75, 3.05) is 27.3 Å². The number of nitrogens with one attached hydrogen (secondary N) is 1. The van der Waals surface area contributed by atoms with Gasteiger partial charge in [0.05, 0.1) is 12.5 Å². The lowest BCUT2D eigenvalue weighted by atomic mass is 9.89. The molecule has 0 aromatic heterocycles. The Morgan fingerprint density at radius 3 is 2.59 bits per heavy atom. The number of methoxy groups -OCH3 is 1. The summed E-state index contributed by atoms with van der Waals surface area (Å²) in [6.07, 6.45) is 1.19. The maximum atomic E-state index is 11.7. The van der Waals surface area contributed by atoms with Crippen molar-refractivity contribution in [3.05, 3.63) is 0 Å². The summed E-state index contributed by atoms with van der Waals surface area (Å²) in [5.74, 6) is -0.236. The fourth-order valence-corrected chi connectivity index (χ4v) is 1.78. The molecule has 0 aromatic rings. The lowest BCUT2D eigenvalue weighted by Gasteiger charge is -2.26. The first-order valence-corrected chi connectivity index (χ1v) is 5.90. The SMILES string of the molecule is COCCC(C)(C)CNC1CC(=O)N(C)C1=O. The van der Waals surface area contributed by atoms with E-state index < -0.39 is 0 Å². The molecular formula is C12H22N2O3. The second kappa shape index (κ2) is 5.60. The highest BCUT2D eigenvalue weighted by atomic mass is 16.5. The van der Waals surface area contributed by atoms with Crippen LogP contribution in [0.1, 0.15) is 26.7 Å². The zero-order valence-electron chi connectivity index (χ0n) is 11.1. The number of nitrogens with zero attached hydrogens (tertiary/aromatic N) is 1. The average Bonchev–Trinajstić information content (AvgIpc) is 2.52. The predicted molar refractivity (Wildman–Crippen MR) is 64.5 cm³/mol. The smallest absolute Gasteiger partial charge is 0.246 e. The van der Waals surface area contributed by atoms with Crippen molar-refractivity contribution in [1.82, 2.24) is 10.2 Å². The van der Waals surface area contributed by atoms with Gasteiger partial charge in [0.25, 0.3) is 0 Å². The molecule has 5 nitrogen and oxygen atoms in total. The summed E-state index contributed by atoms with van der Waals surface area (Å²) in [4.78, 5) is 24.2. The van der Waals surface area contributed by atoms with Gasteiger partial charge in [-0.25, -0.2) is 0 Å². The second-order valence-corrected chi connectivity index (χ2v) is 5.34. The van der Waals surface area contributed by atoms with E-state index in [1.807, 2.05) is 0 Å². The third-order valence-corrected chi connectivity index (χ3v) is 3.19. The molecule has 1 aliphatic heterocycles. The Labute approximate surface area is 102 Å². The zero-order valence-corrected chi connectivity index (χ0v) is 11.1. The fraction of sp³-hybridized carbons (Fsp3) is 0.833. The standard InChI is InChI=1S/C12H22N2O3/c1-12(2,5-6-17-4)8-13-9-7-10(15)14(3)11(9)16/h9,13H,5-8H2,1-4H3. The van der Waals surface area contributed by atoms with Gasteiger partial charge in [-0.3, -0.25) is 14.5 Å². The number of hydrogen-bond acceptors (Lipinski definition) is 4. The number of likely N-dealkylation sites (tertiary alicyclic amines) is 1. The Morgan fingerprint density at radius 2 is 2.12 bits per heavy atom. The van der Waals surface area contributed by atoms with Crippen LogP contribution < -0.4 is 5.32 Å². The molecule has 98 valence electrons. The van der Waals surface area contributed by atoms with E-state index >= 15 is 0 Å². The molecule has 1 rings (SSSR count). The van der Waals surface area contributed by atoms with Crippen molar-refractivity contribution >= 4 is 11.8 Å². The number of carbonyl (C=O) groups is 2. The molecule has 1 atom stereocenters. The van der Waals surface area contributed by atoms with Crippen LogP contribution in [0.5, 0.6) is 0 Å². The van der Waals surface area contributed by atoms with Crippen molar-refractivity contribution in [2.24, 2.45) is 5.41 Å². The largest absolute Gasteiger partial charge is 0.385 e. The minimum atomic E-state index is -0.352. The monoisotopic (exact) mass is 242 g/mol. The lowest BCUT2D eigenvalue weighted by molar-refractivity contribution is -0.137. The number of likely N-dealkylation sites (N-methyl/N-ethyl adjacent to an activating group) is 1. The highest BCUT2D eigenvalue weighted by Crippen LogP contribution is 2.20. The molecule has 0 aromatic carbocycles. The van der Waals surface area contributed by atoms with Crippen LogP contribution in [-0.4, -0.2) is 50.1 Å². The molecule has 0 bridgehead atoms. The summed E-state index contributed by atoms with van der Waals surface area (Å²) < 4.78 is 5.05. The zero-order chi connectivity index (χ0) is 13.1. The minimum absolute atomic E-state index is 0.0561. The van der Waals surface area contributed by atoms with Crippen molar-refractivity contribution < 1.29 is 14.3 Å². The van der Waals surface area contributed by atoms with Gasteiger partial charge in [-0.05, 0) is 11.8 Å². The highest BCUT2D eigenvalue weighted by Gasteiger charge is 2.36. The van der Waals surface area contributed by atoms with Crippen molar-refractivity contribution in [3.8, 4) is 0 Å². The molecule has 0 spiro atoms. The first kappa shape index (κ1) is 14.1. The number of imide groups is 1. The molecule has 0 saturated carbocycles. The van der Waals surface area contributed by atoms with E-state index in [0.29, 0.717) is 13.2 Å². The molecule has 1 aliphatic rings. The minimum Gasteiger partial charge on any atom is -0.385 e. The third-order valence-electron chi connectivity index (χ3n) is 3.19. The number of amides is 2. The van der Waals surface area contributed by atoms with Crippen molar-refractivity contribution in [2.45, 2.75) is 32.7 Å². The van der Waals surface area contributed by atoms with Crippen molar-refractivity contribution in [3.63, 3.8) is 0 Å². The van der Waals surface area contributed by atoms with Crippen LogP contribution in [0.15, 0.2) is 0 Å². The van der Waals surface area contributed by atoms with Gasteiger partial charge in [0.1, 0.15) is 0 Å². The normalized spacial score (nSPS) is 21.4. The van der Waals surface area contributed by atoms with E-state index in [9.17, 15) is 9.59 Å². The number of rotatable bonds is 6. The molecule has 5 heteroatoms. The number of hydrogen-bond donors (Lipinski definition) is 1. The van der Waals surface area contributed by atoms with Gasteiger partial charge in [-0.15, -0.1) is 0 Å². The van der Waals surface area contributed by atoms with E-state index in [-0.39, 0.29) is 29.7 Å². The predicted octanol–water partition coefficient (Wildman–Crippen LogP) is 0.396. The Kier molecular flexibility index (Phi) is 4.65. The van der Waals surface area contributed by atoms with Gasteiger partial charge in [-0.1, -0.05) is 13.8 Å². The van der Waals surface area contributed by atoms with Gasteiger partial charge in [0.2, 0.25) is 11.8 Å². The van der Waals surface area contributed by atoms with Gasteiger partial charge in [0, 0.05) is 27.3 Å². The van der Waals surface area contributed by atoms with E-state index in [2.05, 4.69) is 19.2 Å². The number of ether oxygens (including phenoxy) is 1. The highest BCUT2D eigenvalue weighted by molar-refractivity contribution is 6.05. The van der Waals surface area contributed by atoms with Crippen LogP contribution in [0.4, 0.5) is 0 Å². The summed E-state index contributed by atoms with van der Waals surface area (Å²) in [5.41, 5.74) is 0.0561. The van der Waals surface area contributed by atoms with Gasteiger partial charge in [0.15, 0.2) is 0 Å². The third kappa shape index (κ3) is 3.78. The summed E-state index contributed by atoms with van der Waals surface area (Å²) in [7, 11) is 3.21. The second-order valence-electron chi connectivity index (χ2n) is 5.34. The summed E-state index contributed by atoms with van der Waals surface area (Å²) in [6.45, 7) is 5.63. The van der Waals surface area contributed by atoms with E-state index in [0.717, 1.165) is 6.42 Å². The fourth-order valence-electron chi connectivity index (χ4n) is 1.78. The summed E-state index contributed by atoms with van der Waals surface area (Å²) in [5, 5.41) is 3.17. The lowest BCUT2D eigenvalue weighted by Crippen LogP contribution is -2.42. The van der Waals surface area contributed by atoms with Gasteiger partial charge in [-0.2, -0.15) is 0 Å². The molecule has 1 fully saturated rings. The van der Waals surface area contributed by atoms with Crippen LogP contribution >= 0.6 is 0 Å². The number of carbonyl (C=O) groups excluding carboxylic acids is 2. The molecule has 17 heavy (non-hydrogen) atoms. The average molecular weight is 242 g/mol. The molecule has 0 aliphatic carbocycles. The Bertz CT molecular complexity index is 302. The molecule has 1 heterocycles.